The Morgan fingerprint density at radius 3 is 0.833 bits per heavy atom. The van der Waals surface area contributed by atoms with Gasteiger partial charge in [-0.15, -0.1) is 0 Å². The molecule has 0 fully saturated rings. The molecule has 60 heavy (non-hydrogen) atoms. The first kappa shape index (κ1) is 30.1. The van der Waals surface area contributed by atoms with Gasteiger partial charge in [0.05, 0.1) is 0 Å². The SMILES string of the molecule is Cc1ccc2c(c1)c1cc(C)c3c4c(C)cc5c6cc(C)ccc6c6ccc7c8cc(C)cc9c%10cc(C)cc%11c%12ccc2c2c1c3c1c(c%122)c(c%10%11)c(c98)c2c7c6c5c4c21. The van der Waals surface area contributed by atoms with Crippen LogP contribution in [0, 0.1) is 41.5 Å². The van der Waals surface area contributed by atoms with E-state index in [1.54, 1.807) is 0 Å². The summed E-state index contributed by atoms with van der Waals surface area (Å²) in [5.41, 5.74) is 8.04. The van der Waals surface area contributed by atoms with Gasteiger partial charge in [0.1, 0.15) is 0 Å². The Balaban J connectivity index is 1.39. The van der Waals surface area contributed by atoms with Crippen LogP contribution in [0.2, 0.25) is 0 Å². The molecule has 17 aromatic carbocycles. The van der Waals surface area contributed by atoms with Gasteiger partial charge in [-0.05, 0) is 236 Å². The van der Waals surface area contributed by atoms with Crippen LogP contribution in [-0.2, 0) is 0 Å². The summed E-state index contributed by atoms with van der Waals surface area (Å²) in [6, 6.07) is 39.5. The van der Waals surface area contributed by atoms with Gasteiger partial charge in [0.2, 0.25) is 0 Å². The molecule has 0 aromatic heterocycles. The van der Waals surface area contributed by atoms with Gasteiger partial charge >= 0.3 is 0 Å². The molecule has 0 spiro atoms. The van der Waals surface area contributed by atoms with Crippen molar-refractivity contribution in [2.24, 2.45) is 0 Å². The molecule has 0 aliphatic carbocycles. The Labute approximate surface area is 342 Å². The van der Waals surface area contributed by atoms with Crippen molar-refractivity contribution in [3.63, 3.8) is 0 Å². The average Bonchev–Trinajstić information content (AvgIpc) is 3.24. The molecule has 17 aromatic rings. The van der Waals surface area contributed by atoms with E-state index in [1.807, 2.05) is 0 Å². The third-order valence-electron chi connectivity index (χ3n) is 16.2. The topological polar surface area (TPSA) is 0 Å². The summed E-state index contributed by atoms with van der Waals surface area (Å²) >= 11 is 0. The van der Waals surface area contributed by atoms with Crippen molar-refractivity contribution in [2.45, 2.75) is 41.5 Å². The minimum atomic E-state index is 1.31. The van der Waals surface area contributed by atoms with E-state index in [4.69, 9.17) is 0 Å². The molecule has 0 amide bonds. The largest absolute Gasteiger partial charge is 0.0587 e. The molecule has 0 atom stereocenters. The van der Waals surface area contributed by atoms with E-state index in [0.717, 1.165) is 0 Å². The molecule has 0 unspecified atom stereocenters. The maximum Gasteiger partial charge on any atom is -0.0000138 e. The van der Waals surface area contributed by atoms with Gasteiger partial charge in [-0.3, -0.25) is 0 Å². The Hall–Kier alpha value is -7.02. The lowest BCUT2D eigenvalue weighted by atomic mass is 9.70. The third-order valence-corrected chi connectivity index (χ3v) is 16.2. The quantitative estimate of drug-likeness (QED) is 0.107. The number of hydrogen-bond donors (Lipinski definition) is 0. The lowest BCUT2D eigenvalue weighted by Crippen LogP contribution is -2.03. The van der Waals surface area contributed by atoms with Crippen molar-refractivity contribution in [3.05, 3.63) is 130 Å². The summed E-state index contributed by atoms with van der Waals surface area (Å²) in [5, 5.41) is 45.9. The predicted molar refractivity (Wildman–Crippen MR) is 264 cm³/mol. The number of fused-ring (bicyclic) bond motifs is 10. The molecule has 0 aliphatic heterocycles. The highest BCUT2D eigenvalue weighted by Gasteiger charge is 2.34. The fraction of sp³-hybridized carbons (Fsp3) is 0.100. The second kappa shape index (κ2) is 8.93. The first-order valence-corrected chi connectivity index (χ1v) is 21.8. The molecule has 0 saturated heterocycles. The Bertz CT molecular complexity index is 4530. The van der Waals surface area contributed by atoms with E-state index in [0.29, 0.717) is 0 Å². The van der Waals surface area contributed by atoms with Crippen molar-refractivity contribution in [1.82, 2.24) is 0 Å². The highest BCUT2D eigenvalue weighted by atomic mass is 14.4. The summed E-state index contributed by atoms with van der Waals surface area (Å²) in [6.07, 6.45) is 0. The first-order chi connectivity index (χ1) is 29.3. The summed E-state index contributed by atoms with van der Waals surface area (Å²) in [4.78, 5) is 0. The molecule has 0 heterocycles. The molecule has 274 valence electrons. The summed E-state index contributed by atoms with van der Waals surface area (Å²) in [6.45, 7) is 14.0. The van der Waals surface area contributed by atoms with E-state index in [1.165, 1.54) is 206 Å². The fourth-order valence-corrected chi connectivity index (χ4v) is 14.3. The standard InChI is InChI=1S/C60H34/c1-23-7-9-29-31-11-13-33-37-17-25(3)19-39-40-20-26(4)18-38-34-14-12-32-30-10-8-24(2)16-36(30)42-22-28(6)44-43-27(5)21-41(35(29)15-23)51-47(31)49(33)57-55(45(37)39)56(46(38)40)58-50(34)48(32)52(42)54(44)60(58)59(57)53(43)51/h7-22H,1-6H3. The Morgan fingerprint density at radius 2 is 0.417 bits per heavy atom. The molecular weight excluding hydrogens is 721 g/mol. The van der Waals surface area contributed by atoms with Gasteiger partial charge in [-0.2, -0.15) is 0 Å². The zero-order valence-corrected chi connectivity index (χ0v) is 34.2. The normalized spacial score (nSPS) is 13.8. The number of benzene rings is 17. The molecule has 0 radical (unpaired) electrons. The highest BCUT2D eigenvalue weighted by molar-refractivity contribution is 6.64. The van der Waals surface area contributed by atoms with Crippen molar-refractivity contribution in [3.8, 4) is 0 Å². The summed E-state index contributed by atoms with van der Waals surface area (Å²) < 4.78 is 0. The smallest absolute Gasteiger partial charge is 0.0000138 e. The molecule has 0 bridgehead atoms. The minimum Gasteiger partial charge on any atom is -0.0587 e. The van der Waals surface area contributed by atoms with E-state index >= 15 is 0 Å². The minimum absolute atomic E-state index is 1.31. The lowest BCUT2D eigenvalue weighted by Gasteiger charge is -2.32. The third kappa shape index (κ3) is 2.81. The van der Waals surface area contributed by atoms with Crippen molar-refractivity contribution in [2.75, 3.05) is 0 Å². The second-order valence-electron chi connectivity index (χ2n) is 19.4. The van der Waals surface area contributed by atoms with Crippen molar-refractivity contribution in [1.29, 1.82) is 0 Å². The number of rotatable bonds is 0. The van der Waals surface area contributed by atoms with E-state index in [-0.39, 0.29) is 0 Å². The van der Waals surface area contributed by atoms with Crippen LogP contribution in [0.3, 0.4) is 0 Å². The zero-order chi connectivity index (χ0) is 39.3. The van der Waals surface area contributed by atoms with Gasteiger partial charge in [0, 0.05) is 0 Å². The predicted octanol–water partition coefficient (Wildman–Crippen LogP) is 17.5. The second-order valence-corrected chi connectivity index (χ2v) is 19.4. The average molecular weight is 755 g/mol. The van der Waals surface area contributed by atoms with E-state index < -0.39 is 0 Å². The lowest BCUT2D eigenvalue weighted by molar-refractivity contribution is 1.51. The summed E-state index contributed by atoms with van der Waals surface area (Å²) in [7, 11) is 0. The van der Waals surface area contributed by atoms with Crippen LogP contribution in [0.25, 0.3) is 172 Å². The van der Waals surface area contributed by atoms with Crippen LogP contribution in [0.15, 0.2) is 97.1 Å². The van der Waals surface area contributed by atoms with Crippen LogP contribution >= 0.6 is 0 Å². The first-order valence-electron chi connectivity index (χ1n) is 21.8. The van der Waals surface area contributed by atoms with Crippen LogP contribution in [0.5, 0.6) is 0 Å². The molecule has 0 N–H and O–H groups in total. The van der Waals surface area contributed by atoms with Gasteiger partial charge in [-0.25, -0.2) is 0 Å². The number of aryl methyl sites for hydroxylation is 6. The molecule has 0 heteroatoms. The molecule has 0 aliphatic rings. The van der Waals surface area contributed by atoms with Gasteiger partial charge in [0.25, 0.3) is 0 Å². The molecule has 17 rings (SSSR count). The van der Waals surface area contributed by atoms with E-state index in [9.17, 15) is 0 Å². The Morgan fingerprint density at radius 1 is 0.167 bits per heavy atom. The summed E-state index contributed by atoms with van der Waals surface area (Å²) in [5.74, 6) is 0. The monoisotopic (exact) mass is 754 g/mol. The maximum absolute atomic E-state index is 2.57. The van der Waals surface area contributed by atoms with Crippen molar-refractivity contribution < 1.29 is 0 Å². The fourth-order valence-electron chi connectivity index (χ4n) is 14.3. The van der Waals surface area contributed by atoms with Gasteiger partial charge in [0.15, 0.2) is 0 Å². The van der Waals surface area contributed by atoms with Gasteiger partial charge in [-0.1, -0.05) is 108 Å². The maximum atomic E-state index is 2.57. The van der Waals surface area contributed by atoms with Crippen LogP contribution < -0.4 is 0 Å². The molecular formula is C60H34. The molecule has 0 saturated carbocycles. The zero-order valence-electron chi connectivity index (χ0n) is 34.2. The highest BCUT2D eigenvalue weighted by Crippen LogP contribution is 2.63. The van der Waals surface area contributed by atoms with Crippen LogP contribution in [0.1, 0.15) is 33.4 Å². The molecule has 0 nitrogen and oxygen atoms in total. The van der Waals surface area contributed by atoms with Gasteiger partial charge < -0.3 is 0 Å². The Kier molecular flexibility index (Phi) is 4.48. The number of hydrogen-bond acceptors (Lipinski definition) is 0. The van der Waals surface area contributed by atoms with Crippen molar-refractivity contribution >= 4 is 172 Å². The van der Waals surface area contributed by atoms with Crippen LogP contribution in [-0.4, -0.2) is 0 Å². The van der Waals surface area contributed by atoms with E-state index in [2.05, 4.69) is 139 Å². The van der Waals surface area contributed by atoms with Crippen LogP contribution in [0.4, 0.5) is 0 Å².